The topological polar surface area (TPSA) is 43.4 Å². The molecule has 6 heteroatoms. The molecule has 0 aliphatic heterocycles. The second-order valence-corrected chi connectivity index (χ2v) is 5.20. The van der Waals surface area contributed by atoms with Crippen molar-refractivity contribution in [1.82, 2.24) is 10.3 Å². The molecule has 0 saturated carbocycles. The summed E-state index contributed by atoms with van der Waals surface area (Å²) in [6, 6.07) is 5.08. The molecule has 2 aromatic rings. The summed E-state index contributed by atoms with van der Waals surface area (Å²) >= 11 is 0. The van der Waals surface area contributed by atoms with Crippen LogP contribution in [0.1, 0.15) is 11.1 Å². The molecule has 1 heterocycles. The van der Waals surface area contributed by atoms with E-state index in [1.165, 1.54) is 19.2 Å². The highest BCUT2D eigenvalue weighted by Crippen LogP contribution is 2.22. The zero-order valence-electron chi connectivity index (χ0n) is 13.7. The van der Waals surface area contributed by atoms with Crippen molar-refractivity contribution in [3.05, 3.63) is 65.9 Å². The number of methoxy groups -OCH3 is 2. The molecule has 128 valence electrons. The molecule has 1 aromatic heterocycles. The van der Waals surface area contributed by atoms with Crippen molar-refractivity contribution in [2.45, 2.75) is 19.0 Å². The van der Waals surface area contributed by atoms with Crippen LogP contribution in [-0.4, -0.2) is 25.2 Å². The van der Waals surface area contributed by atoms with Gasteiger partial charge >= 0.3 is 0 Å². The van der Waals surface area contributed by atoms with Crippen molar-refractivity contribution >= 4 is 0 Å². The Morgan fingerprint density at radius 3 is 2.62 bits per heavy atom. The summed E-state index contributed by atoms with van der Waals surface area (Å²) in [7, 11) is 3.10. The van der Waals surface area contributed by atoms with Gasteiger partial charge in [-0.15, -0.1) is 6.58 Å². The molecule has 2 rings (SSSR count). The molecule has 0 radical (unpaired) electrons. The Balaban J connectivity index is 2.04. The normalized spacial score (nSPS) is 11.8. The Labute approximate surface area is 140 Å². The molecule has 4 nitrogen and oxygen atoms in total. The molecule has 1 atom stereocenters. The van der Waals surface area contributed by atoms with E-state index in [-0.39, 0.29) is 6.04 Å². The van der Waals surface area contributed by atoms with Crippen LogP contribution in [0.25, 0.3) is 0 Å². The maximum absolute atomic E-state index is 13.8. The molecule has 1 unspecified atom stereocenters. The molecule has 0 aliphatic rings. The lowest BCUT2D eigenvalue weighted by atomic mass is 10.0. The first-order chi connectivity index (χ1) is 11.6. The Morgan fingerprint density at radius 1 is 1.21 bits per heavy atom. The van der Waals surface area contributed by atoms with E-state index < -0.39 is 11.6 Å². The van der Waals surface area contributed by atoms with Gasteiger partial charge in [0, 0.05) is 36.5 Å². The Bertz CT molecular complexity index is 707. The molecular weight excluding hydrogens is 314 g/mol. The third-order valence-corrected chi connectivity index (χ3v) is 3.64. The number of hydrogen-bond acceptors (Lipinski definition) is 4. The number of aromatic nitrogens is 1. The Morgan fingerprint density at radius 2 is 2.00 bits per heavy atom. The standard InChI is InChI=1S/C18H20F2N2O2/c1-4-15(7-12-5-6-14(19)8-16(12)20)21-10-13-11-22-18(24-3)9-17(13)23-2/h4-6,8-9,11,15,21H,1,7,10H2,2-3H3. The lowest BCUT2D eigenvalue weighted by Gasteiger charge is -2.17. The maximum Gasteiger partial charge on any atom is 0.216 e. The van der Waals surface area contributed by atoms with Crippen LogP contribution >= 0.6 is 0 Å². The zero-order valence-corrected chi connectivity index (χ0v) is 13.7. The van der Waals surface area contributed by atoms with Crippen LogP contribution in [-0.2, 0) is 13.0 Å². The molecule has 24 heavy (non-hydrogen) atoms. The fraction of sp³-hybridized carbons (Fsp3) is 0.278. The van der Waals surface area contributed by atoms with Gasteiger partial charge in [-0.25, -0.2) is 13.8 Å². The fourth-order valence-electron chi connectivity index (χ4n) is 2.29. The first-order valence-corrected chi connectivity index (χ1v) is 7.44. The number of nitrogens with one attached hydrogen (secondary N) is 1. The minimum Gasteiger partial charge on any atom is -0.496 e. The molecular formula is C18H20F2N2O2. The Hall–Kier alpha value is -2.47. The van der Waals surface area contributed by atoms with E-state index in [1.54, 1.807) is 25.4 Å². The molecule has 1 aromatic carbocycles. The van der Waals surface area contributed by atoms with Gasteiger partial charge in [-0.1, -0.05) is 12.1 Å². The number of ether oxygens (including phenoxy) is 2. The van der Waals surface area contributed by atoms with E-state index in [0.717, 1.165) is 11.6 Å². The second-order valence-electron chi connectivity index (χ2n) is 5.20. The minimum absolute atomic E-state index is 0.184. The average Bonchev–Trinajstić information content (AvgIpc) is 2.60. The second kappa shape index (κ2) is 8.40. The fourth-order valence-corrected chi connectivity index (χ4v) is 2.29. The van der Waals surface area contributed by atoms with Gasteiger partial charge in [0.2, 0.25) is 5.88 Å². The Kier molecular flexibility index (Phi) is 6.26. The lowest BCUT2D eigenvalue weighted by Crippen LogP contribution is -2.29. The average molecular weight is 334 g/mol. The first-order valence-electron chi connectivity index (χ1n) is 7.44. The summed E-state index contributed by atoms with van der Waals surface area (Å²) in [5.41, 5.74) is 1.26. The third-order valence-electron chi connectivity index (χ3n) is 3.64. The zero-order chi connectivity index (χ0) is 17.5. The predicted molar refractivity (Wildman–Crippen MR) is 88.2 cm³/mol. The summed E-state index contributed by atoms with van der Waals surface area (Å²) in [4.78, 5) is 4.15. The molecule has 0 bridgehead atoms. The number of halogens is 2. The van der Waals surface area contributed by atoms with Crippen LogP contribution in [0.2, 0.25) is 0 Å². The number of benzene rings is 1. The lowest BCUT2D eigenvalue weighted by molar-refractivity contribution is 0.378. The van der Waals surface area contributed by atoms with E-state index in [4.69, 9.17) is 9.47 Å². The van der Waals surface area contributed by atoms with Gasteiger partial charge in [0.05, 0.1) is 14.2 Å². The molecule has 0 amide bonds. The number of pyridine rings is 1. The molecule has 0 fully saturated rings. The molecule has 0 spiro atoms. The van der Waals surface area contributed by atoms with Crippen LogP contribution in [0, 0.1) is 11.6 Å². The summed E-state index contributed by atoms with van der Waals surface area (Å²) in [6.45, 7) is 4.22. The van der Waals surface area contributed by atoms with Gasteiger partial charge in [0.25, 0.3) is 0 Å². The molecule has 0 saturated heterocycles. The van der Waals surface area contributed by atoms with E-state index in [2.05, 4.69) is 16.9 Å². The molecule has 0 aliphatic carbocycles. The summed E-state index contributed by atoms with van der Waals surface area (Å²) in [6.07, 6.45) is 3.71. The SMILES string of the molecule is C=CC(Cc1ccc(F)cc1F)NCc1cnc(OC)cc1OC. The summed E-state index contributed by atoms with van der Waals surface area (Å²) in [5.74, 6) is -0.0462. The number of hydrogen-bond donors (Lipinski definition) is 1. The highest BCUT2D eigenvalue weighted by molar-refractivity contribution is 5.35. The minimum atomic E-state index is -0.589. The third kappa shape index (κ3) is 4.52. The summed E-state index contributed by atoms with van der Waals surface area (Å²) < 4.78 is 37.1. The van der Waals surface area contributed by atoms with Gasteiger partial charge in [-0.2, -0.15) is 0 Å². The largest absolute Gasteiger partial charge is 0.496 e. The van der Waals surface area contributed by atoms with Crippen LogP contribution in [0.4, 0.5) is 8.78 Å². The van der Waals surface area contributed by atoms with Crippen molar-refractivity contribution in [3.63, 3.8) is 0 Å². The van der Waals surface area contributed by atoms with E-state index >= 15 is 0 Å². The van der Waals surface area contributed by atoms with E-state index in [1.807, 2.05) is 0 Å². The maximum atomic E-state index is 13.8. The summed E-state index contributed by atoms with van der Waals surface area (Å²) in [5, 5.41) is 3.25. The van der Waals surface area contributed by atoms with Gasteiger partial charge in [-0.3, -0.25) is 0 Å². The quantitative estimate of drug-likeness (QED) is 0.753. The van der Waals surface area contributed by atoms with E-state index in [9.17, 15) is 8.78 Å². The first kappa shape index (κ1) is 17.9. The molecule has 1 N–H and O–H groups in total. The van der Waals surface area contributed by atoms with Crippen molar-refractivity contribution in [3.8, 4) is 11.6 Å². The van der Waals surface area contributed by atoms with Crippen LogP contribution in [0.5, 0.6) is 11.6 Å². The van der Waals surface area contributed by atoms with Crippen molar-refractivity contribution in [2.75, 3.05) is 14.2 Å². The van der Waals surface area contributed by atoms with Crippen molar-refractivity contribution in [1.29, 1.82) is 0 Å². The smallest absolute Gasteiger partial charge is 0.216 e. The van der Waals surface area contributed by atoms with Gasteiger partial charge in [0.1, 0.15) is 17.4 Å². The van der Waals surface area contributed by atoms with Crippen molar-refractivity contribution < 1.29 is 18.3 Å². The van der Waals surface area contributed by atoms with E-state index in [0.29, 0.717) is 30.2 Å². The monoisotopic (exact) mass is 334 g/mol. The highest BCUT2D eigenvalue weighted by Gasteiger charge is 2.12. The van der Waals surface area contributed by atoms with Crippen LogP contribution < -0.4 is 14.8 Å². The van der Waals surface area contributed by atoms with Crippen molar-refractivity contribution in [2.24, 2.45) is 0 Å². The predicted octanol–water partition coefficient (Wildman–Crippen LogP) is 3.26. The van der Waals surface area contributed by atoms with Crippen LogP contribution in [0.3, 0.4) is 0 Å². The number of rotatable bonds is 8. The van der Waals surface area contributed by atoms with Gasteiger partial charge in [-0.05, 0) is 18.1 Å². The van der Waals surface area contributed by atoms with Crippen LogP contribution in [0.15, 0.2) is 43.1 Å². The highest BCUT2D eigenvalue weighted by atomic mass is 19.1. The van der Waals surface area contributed by atoms with Gasteiger partial charge < -0.3 is 14.8 Å². The number of nitrogens with zero attached hydrogens (tertiary/aromatic N) is 1. The van der Waals surface area contributed by atoms with Gasteiger partial charge in [0.15, 0.2) is 0 Å².